The van der Waals surface area contributed by atoms with E-state index in [1.165, 1.54) is 15.9 Å². The second-order valence-electron chi connectivity index (χ2n) is 8.40. The molecule has 1 aliphatic rings. The number of carbonyl (C=O) groups is 2. The Hall–Kier alpha value is -4.38. The average Bonchev–Trinajstić information content (AvgIpc) is 3.21. The Morgan fingerprint density at radius 2 is 1.82 bits per heavy atom. The molecule has 0 amide bonds. The van der Waals surface area contributed by atoms with E-state index in [2.05, 4.69) is 4.99 Å². The van der Waals surface area contributed by atoms with Gasteiger partial charge in [-0.3, -0.25) is 9.36 Å². The number of fused-ring (bicyclic) bond motifs is 1. The second-order valence-corrected chi connectivity index (χ2v) is 9.41. The number of hydrogen-bond donors (Lipinski definition) is 1. The highest BCUT2D eigenvalue weighted by molar-refractivity contribution is 7.07. The zero-order valence-corrected chi connectivity index (χ0v) is 22.7. The summed E-state index contributed by atoms with van der Waals surface area (Å²) in [6.07, 6.45) is 1.71. The smallest absolute Gasteiger partial charge is 0.341 e. The van der Waals surface area contributed by atoms with Crippen LogP contribution in [0.4, 0.5) is 0 Å². The summed E-state index contributed by atoms with van der Waals surface area (Å²) < 4.78 is 23.6. The van der Waals surface area contributed by atoms with E-state index in [0.29, 0.717) is 50.0 Å². The summed E-state index contributed by atoms with van der Waals surface area (Å²) in [6, 6.07) is 11.2. The van der Waals surface area contributed by atoms with E-state index < -0.39 is 24.6 Å². The molecule has 11 heteroatoms. The van der Waals surface area contributed by atoms with Crippen molar-refractivity contribution in [3.05, 3.63) is 84.5 Å². The van der Waals surface area contributed by atoms with Crippen LogP contribution >= 0.6 is 11.3 Å². The average molecular weight is 553 g/mol. The number of thiazole rings is 1. The highest BCUT2D eigenvalue weighted by Crippen LogP contribution is 2.36. The quantitative estimate of drug-likeness (QED) is 0.381. The van der Waals surface area contributed by atoms with Crippen LogP contribution in [0.1, 0.15) is 37.9 Å². The number of carboxylic acid groups (broad SMARTS) is 1. The third-order valence-electron chi connectivity index (χ3n) is 5.86. The molecule has 1 unspecified atom stereocenters. The predicted molar refractivity (Wildman–Crippen MR) is 144 cm³/mol. The van der Waals surface area contributed by atoms with Crippen LogP contribution in [0.3, 0.4) is 0 Å². The van der Waals surface area contributed by atoms with Gasteiger partial charge in [0.1, 0.15) is 5.75 Å². The number of benzene rings is 2. The molecule has 39 heavy (non-hydrogen) atoms. The van der Waals surface area contributed by atoms with Crippen molar-refractivity contribution < 1.29 is 33.6 Å². The normalized spacial score (nSPS) is 14.9. The molecule has 0 saturated carbocycles. The summed E-state index contributed by atoms with van der Waals surface area (Å²) in [7, 11) is 1.54. The van der Waals surface area contributed by atoms with Crippen molar-refractivity contribution in [2.75, 3.05) is 26.9 Å². The lowest BCUT2D eigenvalue weighted by Gasteiger charge is -2.25. The van der Waals surface area contributed by atoms with Gasteiger partial charge in [0.05, 0.1) is 42.2 Å². The molecule has 1 aliphatic heterocycles. The maximum atomic E-state index is 13.8. The van der Waals surface area contributed by atoms with Gasteiger partial charge in [-0.25, -0.2) is 14.6 Å². The van der Waals surface area contributed by atoms with E-state index in [4.69, 9.17) is 24.1 Å². The van der Waals surface area contributed by atoms with Gasteiger partial charge in [0.15, 0.2) is 22.9 Å². The van der Waals surface area contributed by atoms with Gasteiger partial charge in [0.2, 0.25) is 0 Å². The van der Waals surface area contributed by atoms with Crippen molar-refractivity contribution >= 4 is 29.4 Å². The molecule has 204 valence electrons. The van der Waals surface area contributed by atoms with Gasteiger partial charge >= 0.3 is 11.9 Å². The van der Waals surface area contributed by atoms with Crippen LogP contribution in [0.15, 0.2) is 63.5 Å². The van der Waals surface area contributed by atoms with Gasteiger partial charge in [0, 0.05) is 0 Å². The van der Waals surface area contributed by atoms with Crippen molar-refractivity contribution in [3.8, 4) is 17.2 Å². The molecule has 0 fully saturated rings. The van der Waals surface area contributed by atoms with Crippen LogP contribution in [0.2, 0.25) is 0 Å². The Kier molecular flexibility index (Phi) is 8.50. The molecule has 0 aliphatic carbocycles. The number of carboxylic acids is 1. The Labute approximate surface area is 228 Å². The summed E-state index contributed by atoms with van der Waals surface area (Å²) in [4.78, 5) is 42.6. The van der Waals surface area contributed by atoms with Crippen LogP contribution in [0, 0.1) is 0 Å². The fraction of sp³-hybridized carbons (Fsp3) is 0.286. The molecule has 0 bridgehead atoms. The van der Waals surface area contributed by atoms with Gasteiger partial charge < -0.3 is 24.1 Å². The van der Waals surface area contributed by atoms with E-state index in [1.807, 2.05) is 6.92 Å². The van der Waals surface area contributed by atoms with E-state index in [-0.39, 0.29) is 17.7 Å². The minimum absolute atomic E-state index is 0.172. The minimum Gasteiger partial charge on any atom is -0.493 e. The van der Waals surface area contributed by atoms with Crippen LogP contribution in [-0.2, 0) is 14.3 Å². The lowest BCUT2D eigenvalue weighted by molar-refractivity contribution is -0.140. The molecule has 0 radical (unpaired) electrons. The molecule has 1 atom stereocenters. The first-order valence-electron chi connectivity index (χ1n) is 12.2. The number of ether oxygens (including phenoxy) is 4. The Morgan fingerprint density at radius 1 is 1.08 bits per heavy atom. The largest absolute Gasteiger partial charge is 0.493 e. The number of hydrogen-bond acceptors (Lipinski definition) is 9. The SMILES string of the molecule is CCOC(=O)C1=C(C)N=c2s/c(=C/c3ccc(OCC(=O)O)cc3)c(=O)n2C1c1ccc(OC)c(OCC)c1. The maximum Gasteiger partial charge on any atom is 0.341 e. The molecule has 0 saturated heterocycles. The Morgan fingerprint density at radius 3 is 2.46 bits per heavy atom. The highest BCUT2D eigenvalue weighted by atomic mass is 32.1. The van der Waals surface area contributed by atoms with Crippen LogP contribution in [-0.4, -0.2) is 48.5 Å². The lowest BCUT2D eigenvalue weighted by Crippen LogP contribution is -2.40. The number of allylic oxidation sites excluding steroid dienone is 1. The summed E-state index contributed by atoms with van der Waals surface area (Å²) in [5, 5.41) is 8.79. The Balaban J connectivity index is 1.85. The summed E-state index contributed by atoms with van der Waals surface area (Å²) >= 11 is 1.20. The molecular formula is C28H28N2O8S. The lowest BCUT2D eigenvalue weighted by atomic mass is 9.95. The first-order valence-corrected chi connectivity index (χ1v) is 13.0. The van der Waals surface area contributed by atoms with Crippen LogP contribution < -0.4 is 29.1 Å². The van der Waals surface area contributed by atoms with Gasteiger partial charge in [-0.15, -0.1) is 0 Å². The van der Waals surface area contributed by atoms with Gasteiger partial charge in [-0.2, -0.15) is 0 Å². The zero-order valence-electron chi connectivity index (χ0n) is 21.9. The number of methoxy groups -OCH3 is 1. The number of carbonyl (C=O) groups excluding carboxylic acids is 1. The third kappa shape index (κ3) is 5.88. The van der Waals surface area contributed by atoms with E-state index >= 15 is 0 Å². The van der Waals surface area contributed by atoms with Crippen molar-refractivity contribution in [2.24, 2.45) is 4.99 Å². The van der Waals surface area contributed by atoms with Crippen LogP contribution in [0.5, 0.6) is 17.2 Å². The molecule has 4 rings (SSSR count). The fourth-order valence-electron chi connectivity index (χ4n) is 4.20. The molecule has 1 N–H and O–H groups in total. The zero-order chi connectivity index (χ0) is 28.1. The first-order chi connectivity index (χ1) is 18.8. The summed E-state index contributed by atoms with van der Waals surface area (Å²) in [5.74, 6) is -0.207. The van der Waals surface area contributed by atoms with Crippen LogP contribution in [0.25, 0.3) is 6.08 Å². The second kappa shape index (κ2) is 12.0. The highest BCUT2D eigenvalue weighted by Gasteiger charge is 2.34. The number of nitrogens with zero attached hydrogens (tertiary/aromatic N) is 2. The number of esters is 1. The molecular weight excluding hydrogens is 524 g/mol. The molecule has 10 nitrogen and oxygen atoms in total. The minimum atomic E-state index is -1.07. The van der Waals surface area contributed by atoms with Crippen molar-refractivity contribution in [2.45, 2.75) is 26.8 Å². The van der Waals surface area contributed by atoms with E-state index in [9.17, 15) is 14.4 Å². The predicted octanol–water partition coefficient (Wildman–Crippen LogP) is 2.67. The summed E-state index contributed by atoms with van der Waals surface area (Å²) in [6.45, 7) is 5.42. The number of aliphatic carboxylic acids is 1. The van der Waals surface area contributed by atoms with Crippen molar-refractivity contribution in [1.82, 2.24) is 4.57 Å². The van der Waals surface area contributed by atoms with Crippen molar-refractivity contribution in [3.63, 3.8) is 0 Å². The summed E-state index contributed by atoms with van der Waals surface area (Å²) in [5.41, 5.74) is 1.76. The monoisotopic (exact) mass is 552 g/mol. The third-order valence-corrected chi connectivity index (χ3v) is 6.84. The fourth-order valence-corrected chi connectivity index (χ4v) is 5.24. The van der Waals surface area contributed by atoms with Crippen molar-refractivity contribution in [1.29, 1.82) is 0 Å². The molecule has 2 heterocycles. The van der Waals surface area contributed by atoms with Gasteiger partial charge in [-0.1, -0.05) is 29.5 Å². The first kappa shape index (κ1) is 27.6. The molecule has 0 spiro atoms. The van der Waals surface area contributed by atoms with E-state index in [1.54, 1.807) is 69.5 Å². The Bertz CT molecular complexity index is 1600. The number of rotatable bonds is 10. The van der Waals surface area contributed by atoms with E-state index in [0.717, 1.165) is 0 Å². The van der Waals surface area contributed by atoms with Gasteiger partial charge in [0.25, 0.3) is 5.56 Å². The number of aromatic nitrogens is 1. The standard InChI is InChI=1S/C28H28N2O8S/c1-5-36-21-14-18(9-12-20(21)35-4)25-24(27(34)37-6-2)16(3)29-28-30(25)26(33)22(39-28)13-17-7-10-19(11-8-17)38-15-23(31)32/h7-14,25H,5-6,15H2,1-4H3,(H,31,32)/b22-13+. The molecule has 3 aromatic rings. The molecule has 1 aromatic heterocycles. The topological polar surface area (TPSA) is 126 Å². The van der Waals surface area contributed by atoms with Gasteiger partial charge in [-0.05, 0) is 62.2 Å². The maximum absolute atomic E-state index is 13.8. The molecule has 2 aromatic carbocycles.